The second kappa shape index (κ2) is 5.36. The van der Waals surface area contributed by atoms with Crippen molar-refractivity contribution >= 4 is 5.82 Å². The van der Waals surface area contributed by atoms with Crippen molar-refractivity contribution in [3.63, 3.8) is 0 Å². The summed E-state index contributed by atoms with van der Waals surface area (Å²) in [4.78, 5) is 0. The standard InChI is InChI=1S/C16H16N2O3/c1-3-19-13-6-4-11(5-7-13)14-15(21-18-16(14)17)12-8-10(2)20-9-12/h4-9H,3H2,1-2H3,(H2,17,18). The molecule has 0 saturated heterocycles. The number of ether oxygens (including phenoxy) is 1. The van der Waals surface area contributed by atoms with Gasteiger partial charge in [0, 0.05) is 0 Å². The zero-order valence-corrected chi connectivity index (χ0v) is 11.9. The lowest BCUT2D eigenvalue weighted by Crippen LogP contribution is -1.92. The minimum Gasteiger partial charge on any atom is -0.494 e. The third-order valence-corrected chi connectivity index (χ3v) is 3.17. The van der Waals surface area contributed by atoms with Gasteiger partial charge in [0.05, 0.1) is 17.7 Å². The van der Waals surface area contributed by atoms with Gasteiger partial charge in [-0.1, -0.05) is 17.3 Å². The summed E-state index contributed by atoms with van der Waals surface area (Å²) >= 11 is 0. The molecule has 2 aromatic heterocycles. The molecular formula is C16H16N2O3. The van der Waals surface area contributed by atoms with Gasteiger partial charge < -0.3 is 19.4 Å². The van der Waals surface area contributed by atoms with Gasteiger partial charge in [-0.2, -0.15) is 0 Å². The monoisotopic (exact) mass is 284 g/mol. The number of nitrogens with zero attached hydrogens (tertiary/aromatic N) is 1. The predicted octanol–water partition coefficient (Wildman–Crippen LogP) is 3.89. The third-order valence-electron chi connectivity index (χ3n) is 3.17. The number of anilines is 1. The molecule has 5 nitrogen and oxygen atoms in total. The largest absolute Gasteiger partial charge is 0.494 e. The van der Waals surface area contributed by atoms with Crippen LogP contribution in [0.1, 0.15) is 12.7 Å². The molecule has 0 unspecified atom stereocenters. The highest BCUT2D eigenvalue weighted by atomic mass is 16.5. The molecule has 0 aliphatic carbocycles. The van der Waals surface area contributed by atoms with Crippen molar-refractivity contribution in [2.24, 2.45) is 0 Å². The van der Waals surface area contributed by atoms with Gasteiger partial charge in [0.2, 0.25) is 0 Å². The number of hydrogen-bond acceptors (Lipinski definition) is 5. The summed E-state index contributed by atoms with van der Waals surface area (Å²) in [5.41, 5.74) is 8.45. The van der Waals surface area contributed by atoms with Gasteiger partial charge >= 0.3 is 0 Å². The van der Waals surface area contributed by atoms with Crippen molar-refractivity contribution < 1.29 is 13.7 Å². The molecule has 0 amide bonds. The Bertz CT molecular complexity index is 741. The molecule has 0 spiro atoms. The van der Waals surface area contributed by atoms with E-state index in [0.717, 1.165) is 28.2 Å². The molecule has 0 radical (unpaired) electrons. The van der Waals surface area contributed by atoms with Crippen molar-refractivity contribution in [3.05, 3.63) is 42.4 Å². The number of benzene rings is 1. The Hall–Kier alpha value is -2.69. The van der Waals surface area contributed by atoms with Gasteiger partial charge in [0.25, 0.3) is 0 Å². The summed E-state index contributed by atoms with van der Waals surface area (Å²) in [6.45, 7) is 4.46. The van der Waals surface area contributed by atoms with Crippen molar-refractivity contribution in [2.75, 3.05) is 12.3 Å². The Morgan fingerprint density at radius 3 is 2.57 bits per heavy atom. The summed E-state index contributed by atoms with van der Waals surface area (Å²) in [6, 6.07) is 9.55. The predicted molar refractivity (Wildman–Crippen MR) is 80.0 cm³/mol. The number of aryl methyl sites for hydroxylation is 1. The van der Waals surface area contributed by atoms with E-state index in [1.807, 2.05) is 44.2 Å². The number of hydrogen-bond donors (Lipinski definition) is 1. The number of nitrogens with two attached hydrogens (primary N) is 1. The summed E-state index contributed by atoms with van der Waals surface area (Å²) in [5, 5.41) is 3.87. The minimum atomic E-state index is 0.355. The van der Waals surface area contributed by atoms with Crippen LogP contribution >= 0.6 is 0 Å². The molecule has 3 rings (SSSR count). The van der Waals surface area contributed by atoms with Crippen LogP contribution in [-0.2, 0) is 0 Å². The highest BCUT2D eigenvalue weighted by Crippen LogP contribution is 2.37. The van der Waals surface area contributed by atoms with Crippen molar-refractivity contribution in [1.29, 1.82) is 0 Å². The Balaban J connectivity index is 2.04. The number of nitrogen functional groups attached to an aromatic ring is 1. The Morgan fingerprint density at radius 1 is 1.19 bits per heavy atom. The molecular weight excluding hydrogens is 268 g/mol. The first-order valence-corrected chi connectivity index (χ1v) is 6.73. The van der Waals surface area contributed by atoms with Gasteiger partial charge in [-0.15, -0.1) is 0 Å². The number of furan rings is 1. The molecule has 0 aliphatic heterocycles. The summed E-state index contributed by atoms with van der Waals surface area (Å²) in [6.07, 6.45) is 1.63. The summed E-state index contributed by atoms with van der Waals surface area (Å²) in [7, 11) is 0. The molecule has 2 heterocycles. The first-order valence-electron chi connectivity index (χ1n) is 6.73. The third kappa shape index (κ3) is 2.50. The molecule has 2 N–H and O–H groups in total. The minimum absolute atomic E-state index is 0.355. The molecule has 0 fully saturated rings. The van der Waals surface area contributed by atoms with E-state index in [2.05, 4.69) is 5.16 Å². The molecule has 21 heavy (non-hydrogen) atoms. The topological polar surface area (TPSA) is 74.4 Å². The maximum atomic E-state index is 5.95. The number of aromatic nitrogens is 1. The Labute approximate surface area is 122 Å². The zero-order valence-electron chi connectivity index (χ0n) is 11.9. The quantitative estimate of drug-likeness (QED) is 0.786. The highest BCUT2D eigenvalue weighted by molar-refractivity contribution is 5.86. The van der Waals surface area contributed by atoms with Crippen LogP contribution in [0.15, 0.2) is 45.5 Å². The average Bonchev–Trinajstić information content (AvgIpc) is 3.06. The smallest absolute Gasteiger partial charge is 0.180 e. The molecule has 0 bridgehead atoms. The van der Waals surface area contributed by atoms with E-state index in [1.165, 1.54) is 0 Å². The highest BCUT2D eigenvalue weighted by Gasteiger charge is 2.19. The average molecular weight is 284 g/mol. The van der Waals surface area contributed by atoms with Gasteiger partial charge in [0.15, 0.2) is 11.6 Å². The fourth-order valence-electron chi connectivity index (χ4n) is 2.23. The van der Waals surface area contributed by atoms with Crippen LogP contribution in [0.2, 0.25) is 0 Å². The van der Waals surface area contributed by atoms with Crippen molar-refractivity contribution in [3.8, 4) is 28.2 Å². The van der Waals surface area contributed by atoms with E-state index in [9.17, 15) is 0 Å². The molecule has 0 atom stereocenters. The molecule has 108 valence electrons. The van der Waals surface area contributed by atoms with E-state index >= 15 is 0 Å². The first kappa shape index (κ1) is 13.3. The van der Waals surface area contributed by atoms with Gasteiger partial charge in [-0.05, 0) is 37.6 Å². The lowest BCUT2D eigenvalue weighted by Gasteiger charge is -2.05. The number of rotatable bonds is 4. The molecule has 3 aromatic rings. The normalized spacial score (nSPS) is 10.8. The molecule has 5 heteroatoms. The van der Waals surface area contributed by atoms with E-state index in [4.69, 9.17) is 19.4 Å². The summed E-state index contributed by atoms with van der Waals surface area (Å²) in [5.74, 6) is 2.58. The van der Waals surface area contributed by atoms with Crippen LogP contribution in [0.4, 0.5) is 5.82 Å². The van der Waals surface area contributed by atoms with E-state index in [1.54, 1.807) is 6.26 Å². The van der Waals surface area contributed by atoms with E-state index in [0.29, 0.717) is 18.2 Å². The van der Waals surface area contributed by atoms with Crippen LogP contribution in [0, 0.1) is 6.92 Å². The fourth-order valence-corrected chi connectivity index (χ4v) is 2.23. The maximum Gasteiger partial charge on any atom is 0.180 e. The van der Waals surface area contributed by atoms with Crippen LogP contribution in [-0.4, -0.2) is 11.8 Å². The molecule has 0 aliphatic rings. The van der Waals surface area contributed by atoms with Gasteiger partial charge in [0.1, 0.15) is 17.8 Å². The maximum absolute atomic E-state index is 5.95. The van der Waals surface area contributed by atoms with Crippen LogP contribution in [0.3, 0.4) is 0 Å². The SMILES string of the molecule is CCOc1ccc(-c2c(N)noc2-c2coc(C)c2)cc1. The fraction of sp³-hybridized carbons (Fsp3) is 0.188. The van der Waals surface area contributed by atoms with Crippen molar-refractivity contribution in [1.82, 2.24) is 5.16 Å². The lowest BCUT2D eigenvalue weighted by atomic mass is 10.0. The first-order chi connectivity index (χ1) is 10.2. The van der Waals surface area contributed by atoms with Crippen LogP contribution in [0.5, 0.6) is 5.75 Å². The van der Waals surface area contributed by atoms with Crippen LogP contribution < -0.4 is 10.5 Å². The van der Waals surface area contributed by atoms with Gasteiger partial charge in [-0.3, -0.25) is 0 Å². The Kier molecular flexibility index (Phi) is 3.39. The second-order valence-electron chi connectivity index (χ2n) is 4.68. The van der Waals surface area contributed by atoms with Crippen molar-refractivity contribution in [2.45, 2.75) is 13.8 Å². The molecule has 0 saturated carbocycles. The van der Waals surface area contributed by atoms with Gasteiger partial charge in [-0.25, -0.2) is 0 Å². The van der Waals surface area contributed by atoms with E-state index < -0.39 is 0 Å². The lowest BCUT2D eigenvalue weighted by molar-refractivity contribution is 0.340. The second-order valence-corrected chi connectivity index (χ2v) is 4.68. The zero-order chi connectivity index (χ0) is 14.8. The molecule has 1 aromatic carbocycles. The Morgan fingerprint density at radius 2 is 1.95 bits per heavy atom. The van der Waals surface area contributed by atoms with E-state index in [-0.39, 0.29) is 0 Å². The summed E-state index contributed by atoms with van der Waals surface area (Å²) < 4.78 is 16.1. The van der Waals surface area contributed by atoms with Crippen LogP contribution in [0.25, 0.3) is 22.5 Å².